The number of nitrogens with two attached hydrogens (primary N) is 1. The molecular weight excluding hydrogens is 305 g/mol. The largest absolute Gasteiger partial charge is 0.364 e. The van der Waals surface area contributed by atoms with E-state index in [1.54, 1.807) is 12.1 Å². The Bertz CT molecular complexity index is 720. The summed E-state index contributed by atoms with van der Waals surface area (Å²) < 4.78 is 35.6. The normalized spacial score (nSPS) is 11.3. The number of benzene rings is 1. The van der Waals surface area contributed by atoms with Crippen LogP contribution in [0.4, 0.5) is 10.2 Å². The monoisotopic (exact) mass is 315 g/mol. The van der Waals surface area contributed by atoms with Crippen LogP contribution in [0.2, 0.25) is 5.02 Å². The van der Waals surface area contributed by atoms with Crippen LogP contribution in [0.5, 0.6) is 0 Å². The summed E-state index contributed by atoms with van der Waals surface area (Å²) >= 11 is 5.60. The van der Waals surface area contributed by atoms with Crippen LogP contribution in [0, 0.1) is 5.82 Å². The zero-order valence-corrected chi connectivity index (χ0v) is 11.7. The summed E-state index contributed by atoms with van der Waals surface area (Å²) in [6.07, 6.45) is 1.33. The van der Waals surface area contributed by atoms with E-state index in [2.05, 4.69) is 10.3 Å². The molecule has 0 unspecified atom stereocenters. The van der Waals surface area contributed by atoms with E-state index in [0.717, 1.165) is 11.6 Å². The molecule has 8 heteroatoms. The molecule has 1 aromatic heterocycles. The third-order valence-electron chi connectivity index (χ3n) is 2.52. The number of hydrogen-bond acceptors (Lipinski definition) is 4. The molecule has 0 amide bonds. The fourth-order valence-electron chi connectivity index (χ4n) is 1.53. The van der Waals surface area contributed by atoms with Crippen molar-refractivity contribution in [3.8, 4) is 0 Å². The quantitative estimate of drug-likeness (QED) is 0.905. The lowest BCUT2D eigenvalue weighted by atomic mass is 10.2. The Kier molecular flexibility index (Phi) is 4.22. The van der Waals surface area contributed by atoms with Gasteiger partial charge in [0.2, 0.25) is 10.0 Å². The van der Waals surface area contributed by atoms with Gasteiger partial charge in [0.05, 0.1) is 9.92 Å². The fraction of sp³-hybridized carbons (Fsp3) is 0.0833. The van der Waals surface area contributed by atoms with E-state index in [-0.39, 0.29) is 22.3 Å². The third-order valence-corrected chi connectivity index (χ3v) is 3.66. The molecule has 0 bridgehead atoms. The number of aromatic nitrogens is 1. The summed E-state index contributed by atoms with van der Waals surface area (Å²) in [6.45, 7) is 0.288. The molecule has 0 aliphatic carbocycles. The van der Waals surface area contributed by atoms with Crippen LogP contribution in [-0.2, 0) is 16.6 Å². The van der Waals surface area contributed by atoms with Crippen molar-refractivity contribution in [3.63, 3.8) is 0 Å². The number of primary sulfonamides is 1. The summed E-state index contributed by atoms with van der Waals surface area (Å²) in [5.74, 6) is -0.483. The zero-order valence-electron chi connectivity index (χ0n) is 10.2. The van der Waals surface area contributed by atoms with E-state index < -0.39 is 15.8 Å². The highest BCUT2D eigenvalue weighted by Crippen LogP contribution is 2.16. The molecule has 0 spiro atoms. The summed E-state index contributed by atoms with van der Waals surface area (Å²) in [4.78, 5) is 3.84. The van der Waals surface area contributed by atoms with Gasteiger partial charge in [0, 0.05) is 12.7 Å². The summed E-state index contributed by atoms with van der Waals surface area (Å²) in [5, 5.41) is 7.99. The standard InChI is InChI=1S/C12H11ClFN3O2S/c13-9-5-11(14)12(17-7-9)16-6-8-1-3-10(4-2-8)20(15,18)19/h1-5,7H,6H2,(H,16,17)(H2,15,18,19). The minimum Gasteiger partial charge on any atom is -0.364 e. The predicted molar refractivity (Wildman–Crippen MR) is 74.3 cm³/mol. The highest BCUT2D eigenvalue weighted by Gasteiger charge is 2.07. The number of rotatable bonds is 4. The van der Waals surface area contributed by atoms with Crippen molar-refractivity contribution in [2.45, 2.75) is 11.4 Å². The summed E-state index contributed by atoms with van der Waals surface area (Å²) in [5.41, 5.74) is 0.758. The maximum absolute atomic E-state index is 13.5. The first kappa shape index (κ1) is 14.7. The van der Waals surface area contributed by atoms with Gasteiger partial charge in [-0.1, -0.05) is 23.7 Å². The first-order valence-electron chi connectivity index (χ1n) is 5.53. The predicted octanol–water partition coefficient (Wildman–Crippen LogP) is 2.13. The summed E-state index contributed by atoms with van der Waals surface area (Å²) in [6, 6.07) is 7.10. The van der Waals surface area contributed by atoms with Gasteiger partial charge in [0.1, 0.15) is 0 Å². The molecule has 3 N–H and O–H groups in total. The second kappa shape index (κ2) is 5.74. The molecule has 2 rings (SSSR count). The van der Waals surface area contributed by atoms with Crippen LogP contribution in [0.3, 0.4) is 0 Å². The van der Waals surface area contributed by atoms with E-state index in [1.807, 2.05) is 0 Å². The molecule has 0 saturated carbocycles. The SMILES string of the molecule is NS(=O)(=O)c1ccc(CNc2ncc(Cl)cc2F)cc1. The molecule has 5 nitrogen and oxygen atoms in total. The highest BCUT2D eigenvalue weighted by atomic mass is 35.5. The molecule has 1 heterocycles. The van der Waals surface area contributed by atoms with E-state index in [9.17, 15) is 12.8 Å². The van der Waals surface area contributed by atoms with Crippen LogP contribution < -0.4 is 10.5 Å². The molecule has 0 aliphatic rings. The van der Waals surface area contributed by atoms with E-state index >= 15 is 0 Å². The average molecular weight is 316 g/mol. The lowest BCUT2D eigenvalue weighted by molar-refractivity contribution is 0.598. The second-order valence-electron chi connectivity index (χ2n) is 4.03. The Morgan fingerprint density at radius 3 is 2.50 bits per heavy atom. The van der Waals surface area contributed by atoms with Crippen LogP contribution in [0.1, 0.15) is 5.56 Å². The number of sulfonamides is 1. The average Bonchev–Trinajstić information content (AvgIpc) is 2.37. The number of anilines is 1. The molecule has 0 aliphatic heterocycles. The van der Waals surface area contributed by atoms with E-state index in [1.165, 1.54) is 18.3 Å². The second-order valence-corrected chi connectivity index (χ2v) is 6.02. The topological polar surface area (TPSA) is 85.1 Å². The first-order valence-corrected chi connectivity index (χ1v) is 7.45. The van der Waals surface area contributed by atoms with Crippen molar-refractivity contribution in [1.29, 1.82) is 0 Å². The highest BCUT2D eigenvalue weighted by molar-refractivity contribution is 7.89. The van der Waals surface area contributed by atoms with Crippen molar-refractivity contribution in [1.82, 2.24) is 4.98 Å². The van der Waals surface area contributed by atoms with E-state index in [0.29, 0.717) is 0 Å². The molecule has 2 aromatic rings. The van der Waals surface area contributed by atoms with Gasteiger partial charge >= 0.3 is 0 Å². The van der Waals surface area contributed by atoms with Gasteiger partial charge in [0.25, 0.3) is 0 Å². The maximum Gasteiger partial charge on any atom is 0.238 e. The molecular formula is C12H11ClFN3O2S. The number of halogens is 2. The smallest absolute Gasteiger partial charge is 0.238 e. The van der Waals surface area contributed by atoms with Gasteiger partial charge in [-0.25, -0.2) is 22.9 Å². The number of hydrogen-bond donors (Lipinski definition) is 2. The molecule has 0 radical (unpaired) electrons. The Morgan fingerprint density at radius 2 is 1.95 bits per heavy atom. The van der Waals surface area contributed by atoms with Crippen molar-refractivity contribution in [3.05, 3.63) is 52.9 Å². The third kappa shape index (κ3) is 3.66. The van der Waals surface area contributed by atoms with Crippen LogP contribution >= 0.6 is 11.6 Å². The van der Waals surface area contributed by atoms with Crippen molar-refractivity contribution in [2.75, 3.05) is 5.32 Å². The summed E-state index contributed by atoms with van der Waals surface area (Å²) in [7, 11) is -3.71. The first-order chi connectivity index (χ1) is 9.36. The van der Waals surface area contributed by atoms with Gasteiger partial charge in [-0.2, -0.15) is 0 Å². The fourth-order valence-corrected chi connectivity index (χ4v) is 2.19. The molecule has 106 valence electrons. The Morgan fingerprint density at radius 1 is 1.30 bits per heavy atom. The molecule has 20 heavy (non-hydrogen) atoms. The molecule has 0 saturated heterocycles. The Labute approximate surface area is 120 Å². The van der Waals surface area contributed by atoms with E-state index in [4.69, 9.17) is 16.7 Å². The van der Waals surface area contributed by atoms with Crippen molar-refractivity contribution >= 4 is 27.4 Å². The van der Waals surface area contributed by atoms with Crippen molar-refractivity contribution in [2.24, 2.45) is 5.14 Å². The van der Waals surface area contributed by atoms with Crippen molar-refractivity contribution < 1.29 is 12.8 Å². The number of nitrogens with one attached hydrogen (secondary N) is 1. The molecule has 0 atom stereocenters. The van der Waals surface area contributed by atoms with Crippen LogP contribution in [0.15, 0.2) is 41.4 Å². The van der Waals surface area contributed by atoms with Gasteiger partial charge in [-0.3, -0.25) is 0 Å². The minimum atomic E-state index is -3.71. The zero-order chi connectivity index (χ0) is 14.8. The van der Waals surface area contributed by atoms with Gasteiger partial charge in [-0.05, 0) is 23.8 Å². The minimum absolute atomic E-state index is 0.0250. The molecule has 1 aromatic carbocycles. The van der Waals surface area contributed by atoms with Gasteiger partial charge < -0.3 is 5.32 Å². The van der Waals surface area contributed by atoms with Crippen LogP contribution in [0.25, 0.3) is 0 Å². The lowest BCUT2D eigenvalue weighted by Gasteiger charge is -2.07. The Balaban J connectivity index is 2.08. The van der Waals surface area contributed by atoms with Crippen LogP contribution in [-0.4, -0.2) is 13.4 Å². The van der Waals surface area contributed by atoms with Gasteiger partial charge in [-0.15, -0.1) is 0 Å². The molecule has 0 fully saturated rings. The maximum atomic E-state index is 13.5. The number of pyridine rings is 1. The lowest BCUT2D eigenvalue weighted by Crippen LogP contribution is -2.12. The number of nitrogens with zero attached hydrogens (tertiary/aromatic N) is 1. The Hall–Kier alpha value is -1.70. The van der Waals surface area contributed by atoms with Gasteiger partial charge in [0.15, 0.2) is 11.6 Å².